The number of hydrogen-bond donors (Lipinski definition) is 1. The molecule has 5 rings (SSSR count). The fourth-order valence-electron chi connectivity index (χ4n) is 4.24. The van der Waals surface area contributed by atoms with Gasteiger partial charge in [0.2, 0.25) is 5.95 Å². The summed E-state index contributed by atoms with van der Waals surface area (Å²) >= 11 is 12.1. The molecule has 0 spiro atoms. The molecule has 0 aliphatic carbocycles. The summed E-state index contributed by atoms with van der Waals surface area (Å²) in [6.45, 7) is 1.02. The first-order valence-electron chi connectivity index (χ1n) is 11.6. The van der Waals surface area contributed by atoms with Gasteiger partial charge in [0.15, 0.2) is 0 Å². The number of carbonyl (C=O) groups excluding carboxylic acids is 1. The fourth-order valence-corrected chi connectivity index (χ4v) is 4.54. The lowest BCUT2D eigenvalue weighted by molar-refractivity contribution is 0.0731. The normalized spacial score (nSPS) is 12.7. The molecular weight excluding hydrogens is 513 g/mol. The van der Waals surface area contributed by atoms with Gasteiger partial charge in [-0.25, -0.2) is 9.55 Å². The molecule has 2 aromatic heterocycles. The third kappa shape index (κ3) is 5.16. The summed E-state index contributed by atoms with van der Waals surface area (Å²) < 4.78 is 6.76. The van der Waals surface area contributed by atoms with Crippen molar-refractivity contribution in [3.8, 4) is 11.4 Å². The van der Waals surface area contributed by atoms with Crippen molar-refractivity contribution in [1.29, 1.82) is 0 Å². The molecule has 37 heavy (non-hydrogen) atoms. The maximum absolute atomic E-state index is 13.7. The number of halogens is 2. The molecular formula is C27H23Cl2N5O3. The van der Waals surface area contributed by atoms with E-state index in [1.807, 2.05) is 30.3 Å². The Balaban J connectivity index is 1.48. The monoisotopic (exact) mass is 535 g/mol. The summed E-state index contributed by atoms with van der Waals surface area (Å²) in [5, 5.41) is 3.99. The number of benzene rings is 2. The standard InChI is InChI=1S/C27H23Cl2N5O3/c1-37-20-7-4-17(5-8-20)14-31-27-32-24-16-33(25(35)18-6-9-22(28)23(29)13-18)12-10-21(24)26(36)34(27)19-3-2-11-30-15-19/h2-9,11,13,15H,10,12,14,16H2,1H3,(H,31,32). The van der Waals surface area contributed by atoms with Crippen molar-refractivity contribution in [3.05, 3.63) is 110 Å². The molecule has 3 heterocycles. The minimum Gasteiger partial charge on any atom is -0.497 e. The number of pyridine rings is 1. The van der Waals surface area contributed by atoms with E-state index in [4.69, 9.17) is 32.9 Å². The molecule has 0 bridgehead atoms. The predicted octanol–water partition coefficient (Wildman–Crippen LogP) is 4.75. The van der Waals surface area contributed by atoms with E-state index in [0.717, 1.165) is 11.3 Å². The van der Waals surface area contributed by atoms with Gasteiger partial charge in [-0.3, -0.25) is 14.6 Å². The molecule has 0 fully saturated rings. The molecule has 0 unspecified atom stereocenters. The number of fused-ring (bicyclic) bond motifs is 1. The summed E-state index contributed by atoms with van der Waals surface area (Å²) in [5.41, 5.74) is 2.98. The lowest BCUT2D eigenvalue weighted by atomic mass is 10.0. The highest BCUT2D eigenvalue weighted by Gasteiger charge is 2.27. The zero-order valence-corrected chi connectivity index (χ0v) is 21.5. The molecule has 2 aromatic carbocycles. The number of rotatable bonds is 6. The number of aromatic nitrogens is 3. The Hall–Kier alpha value is -3.88. The van der Waals surface area contributed by atoms with Crippen molar-refractivity contribution in [2.24, 2.45) is 0 Å². The number of ether oxygens (including phenoxy) is 1. The van der Waals surface area contributed by atoms with Crippen LogP contribution in [0.2, 0.25) is 10.0 Å². The molecule has 8 nitrogen and oxygen atoms in total. The Bertz CT molecular complexity index is 1510. The van der Waals surface area contributed by atoms with Gasteiger partial charge in [-0.15, -0.1) is 0 Å². The van der Waals surface area contributed by atoms with E-state index in [0.29, 0.717) is 58.0 Å². The summed E-state index contributed by atoms with van der Waals surface area (Å²) in [4.78, 5) is 37.5. The van der Waals surface area contributed by atoms with E-state index in [1.54, 1.807) is 48.7 Å². The van der Waals surface area contributed by atoms with Crippen molar-refractivity contribution in [2.45, 2.75) is 19.5 Å². The molecule has 1 N–H and O–H groups in total. The van der Waals surface area contributed by atoms with E-state index >= 15 is 0 Å². The molecule has 188 valence electrons. The molecule has 4 aromatic rings. The van der Waals surface area contributed by atoms with Crippen LogP contribution in [0, 0.1) is 0 Å². The first-order chi connectivity index (χ1) is 17.9. The Labute approximate surface area is 223 Å². The first-order valence-corrected chi connectivity index (χ1v) is 12.4. The van der Waals surface area contributed by atoms with E-state index in [9.17, 15) is 9.59 Å². The Morgan fingerprint density at radius 3 is 2.62 bits per heavy atom. The summed E-state index contributed by atoms with van der Waals surface area (Å²) in [7, 11) is 1.62. The van der Waals surface area contributed by atoms with Gasteiger partial charge in [-0.2, -0.15) is 0 Å². The molecule has 0 radical (unpaired) electrons. The van der Waals surface area contributed by atoms with Gasteiger partial charge in [0, 0.05) is 30.4 Å². The Morgan fingerprint density at radius 1 is 1.11 bits per heavy atom. The number of nitrogens with one attached hydrogen (secondary N) is 1. The van der Waals surface area contributed by atoms with Crippen molar-refractivity contribution >= 4 is 35.1 Å². The van der Waals surface area contributed by atoms with Crippen molar-refractivity contribution in [1.82, 2.24) is 19.4 Å². The maximum Gasteiger partial charge on any atom is 0.263 e. The molecule has 1 aliphatic rings. The second-order valence-electron chi connectivity index (χ2n) is 8.52. The lowest BCUT2D eigenvalue weighted by Gasteiger charge is -2.29. The van der Waals surface area contributed by atoms with Crippen LogP contribution in [0.25, 0.3) is 5.69 Å². The lowest BCUT2D eigenvalue weighted by Crippen LogP contribution is -2.40. The Morgan fingerprint density at radius 2 is 1.92 bits per heavy atom. The van der Waals surface area contributed by atoms with E-state index in [1.165, 1.54) is 4.57 Å². The second-order valence-corrected chi connectivity index (χ2v) is 9.33. The minimum atomic E-state index is -0.199. The number of carbonyl (C=O) groups is 1. The van der Waals surface area contributed by atoms with Crippen LogP contribution in [0.5, 0.6) is 5.75 Å². The van der Waals surface area contributed by atoms with Gasteiger partial charge in [-0.05, 0) is 54.4 Å². The summed E-state index contributed by atoms with van der Waals surface area (Å²) in [5.74, 6) is 0.932. The minimum absolute atomic E-state index is 0.183. The molecule has 1 aliphatic heterocycles. The first kappa shape index (κ1) is 24.8. The van der Waals surface area contributed by atoms with Crippen molar-refractivity contribution in [2.75, 3.05) is 19.0 Å². The van der Waals surface area contributed by atoms with Crippen LogP contribution in [-0.2, 0) is 19.5 Å². The Kier molecular flexibility index (Phi) is 7.12. The average molecular weight is 536 g/mol. The van der Waals surface area contributed by atoms with Crippen LogP contribution < -0.4 is 15.6 Å². The van der Waals surface area contributed by atoms with E-state index in [-0.39, 0.29) is 18.0 Å². The smallest absolute Gasteiger partial charge is 0.263 e. The quantitative estimate of drug-likeness (QED) is 0.383. The SMILES string of the molecule is COc1ccc(CNc2nc3c(c(=O)n2-c2cccnc2)CCN(C(=O)c2ccc(Cl)c(Cl)c2)C3)cc1. The van der Waals surface area contributed by atoms with Crippen LogP contribution in [0.3, 0.4) is 0 Å². The van der Waals surface area contributed by atoms with E-state index < -0.39 is 0 Å². The van der Waals surface area contributed by atoms with Crippen molar-refractivity contribution in [3.63, 3.8) is 0 Å². The topological polar surface area (TPSA) is 89.3 Å². The van der Waals surface area contributed by atoms with Crippen LogP contribution in [-0.4, -0.2) is 39.0 Å². The van der Waals surface area contributed by atoms with Gasteiger partial charge < -0.3 is 15.0 Å². The molecule has 10 heteroatoms. The molecule has 0 saturated carbocycles. The molecule has 0 atom stereocenters. The van der Waals surface area contributed by atoms with Gasteiger partial charge in [-0.1, -0.05) is 35.3 Å². The van der Waals surface area contributed by atoms with Crippen LogP contribution in [0.4, 0.5) is 5.95 Å². The van der Waals surface area contributed by atoms with Crippen LogP contribution >= 0.6 is 23.2 Å². The number of nitrogens with zero attached hydrogens (tertiary/aromatic N) is 4. The maximum atomic E-state index is 13.7. The third-order valence-electron chi connectivity index (χ3n) is 6.20. The van der Waals surface area contributed by atoms with Crippen LogP contribution in [0.15, 0.2) is 71.8 Å². The highest BCUT2D eigenvalue weighted by Crippen LogP contribution is 2.25. The molecule has 1 amide bonds. The number of amides is 1. The average Bonchev–Trinajstić information content (AvgIpc) is 2.93. The summed E-state index contributed by atoms with van der Waals surface area (Å²) in [6.07, 6.45) is 3.65. The van der Waals surface area contributed by atoms with Crippen molar-refractivity contribution < 1.29 is 9.53 Å². The van der Waals surface area contributed by atoms with Crippen LogP contribution in [0.1, 0.15) is 27.2 Å². The second kappa shape index (κ2) is 10.6. The van der Waals surface area contributed by atoms with Gasteiger partial charge in [0.05, 0.1) is 41.3 Å². The van der Waals surface area contributed by atoms with Gasteiger partial charge in [0.25, 0.3) is 11.5 Å². The largest absolute Gasteiger partial charge is 0.497 e. The zero-order valence-electron chi connectivity index (χ0n) is 19.9. The molecule has 0 saturated heterocycles. The highest BCUT2D eigenvalue weighted by atomic mass is 35.5. The summed E-state index contributed by atoms with van der Waals surface area (Å²) in [6, 6.07) is 16.0. The highest BCUT2D eigenvalue weighted by molar-refractivity contribution is 6.42. The number of methoxy groups -OCH3 is 1. The number of hydrogen-bond acceptors (Lipinski definition) is 6. The third-order valence-corrected chi connectivity index (χ3v) is 6.94. The number of anilines is 1. The zero-order chi connectivity index (χ0) is 25.9. The van der Waals surface area contributed by atoms with Gasteiger partial charge in [0.1, 0.15) is 5.75 Å². The van der Waals surface area contributed by atoms with E-state index in [2.05, 4.69) is 10.3 Å². The fraction of sp³-hybridized carbons (Fsp3) is 0.185. The van der Waals surface area contributed by atoms with Gasteiger partial charge >= 0.3 is 0 Å². The predicted molar refractivity (Wildman–Crippen MR) is 143 cm³/mol.